The van der Waals surface area contributed by atoms with Crippen molar-refractivity contribution in [3.05, 3.63) is 11.6 Å². The van der Waals surface area contributed by atoms with Gasteiger partial charge in [-0.15, -0.1) is 0 Å². The number of aliphatic hydroxyl groups is 1. The zero-order valence-electron chi connectivity index (χ0n) is 6.56. The van der Waals surface area contributed by atoms with Crippen LogP contribution in [0, 0.1) is 5.92 Å². The van der Waals surface area contributed by atoms with Gasteiger partial charge >= 0.3 is 6.18 Å². The fourth-order valence-electron chi connectivity index (χ4n) is 1.33. The molecule has 1 nitrogen and oxygen atoms in total. The number of hydrogen-bond donors (Lipinski definition) is 1. The monoisotopic (exact) mass is 180 g/mol. The van der Waals surface area contributed by atoms with E-state index in [0.717, 1.165) is 5.57 Å². The first-order valence-electron chi connectivity index (χ1n) is 3.89. The van der Waals surface area contributed by atoms with Gasteiger partial charge in [0.2, 0.25) is 0 Å². The smallest absolute Gasteiger partial charge is 0.392 e. The van der Waals surface area contributed by atoms with E-state index < -0.39 is 12.1 Å². The standard InChI is InChI=1S/C8H11F3O/c9-8(10,11)7-3-1-6(5-12)2-4-7/h1,7,12H,2-5H2/t7-/m0/s1. The molecule has 1 atom stereocenters. The van der Waals surface area contributed by atoms with E-state index in [1.54, 1.807) is 0 Å². The van der Waals surface area contributed by atoms with Crippen molar-refractivity contribution in [2.24, 2.45) is 5.92 Å². The molecular weight excluding hydrogens is 169 g/mol. The molecule has 0 saturated carbocycles. The van der Waals surface area contributed by atoms with Crippen LogP contribution in [0.3, 0.4) is 0 Å². The van der Waals surface area contributed by atoms with Crippen LogP contribution in [0.1, 0.15) is 19.3 Å². The zero-order chi connectivity index (χ0) is 9.19. The highest BCUT2D eigenvalue weighted by Crippen LogP contribution is 2.36. The Bertz CT molecular complexity index is 183. The Morgan fingerprint density at radius 2 is 2.17 bits per heavy atom. The molecule has 0 fully saturated rings. The van der Waals surface area contributed by atoms with E-state index in [1.165, 1.54) is 6.08 Å². The van der Waals surface area contributed by atoms with Crippen molar-refractivity contribution in [3.8, 4) is 0 Å². The third kappa shape index (κ3) is 2.24. The van der Waals surface area contributed by atoms with Gasteiger partial charge in [0, 0.05) is 0 Å². The van der Waals surface area contributed by atoms with Crippen molar-refractivity contribution in [3.63, 3.8) is 0 Å². The summed E-state index contributed by atoms with van der Waals surface area (Å²) in [6, 6.07) is 0. The van der Waals surface area contributed by atoms with Gasteiger partial charge in [-0.3, -0.25) is 0 Å². The van der Waals surface area contributed by atoms with E-state index in [9.17, 15) is 13.2 Å². The first-order valence-corrected chi connectivity index (χ1v) is 3.89. The average molecular weight is 180 g/mol. The van der Waals surface area contributed by atoms with Gasteiger partial charge in [-0.25, -0.2) is 0 Å². The number of alkyl halides is 3. The summed E-state index contributed by atoms with van der Waals surface area (Å²) in [6.07, 6.45) is -2.05. The lowest BCUT2D eigenvalue weighted by molar-refractivity contribution is -0.176. The number of hydrogen-bond acceptors (Lipinski definition) is 1. The number of halogens is 3. The maximum Gasteiger partial charge on any atom is 0.392 e. The van der Waals surface area contributed by atoms with E-state index in [0.29, 0.717) is 6.42 Å². The van der Waals surface area contributed by atoms with Gasteiger partial charge in [-0.05, 0) is 24.8 Å². The van der Waals surface area contributed by atoms with E-state index >= 15 is 0 Å². The van der Waals surface area contributed by atoms with Crippen LogP contribution in [0.2, 0.25) is 0 Å². The molecular formula is C8H11F3O. The van der Waals surface area contributed by atoms with Gasteiger partial charge in [-0.2, -0.15) is 13.2 Å². The Balaban J connectivity index is 2.52. The number of aliphatic hydroxyl groups excluding tert-OH is 1. The third-order valence-electron chi connectivity index (χ3n) is 2.17. The normalized spacial score (nSPS) is 25.3. The highest BCUT2D eigenvalue weighted by atomic mass is 19.4. The van der Waals surface area contributed by atoms with Crippen molar-refractivity contribution in [2.75, 3.05) is 6.61 Å². The Hall–Kier alpha value is -0.510. The molecule has 1 aliphatic rings. The number of allylic oxidation sites excluding steroid dienone is 1. The van der Waals surface area contributed by atoms with Crippen LogP contribution in [0.15, 0.2) is 11.6 Å². The quantitative estimate of drug-likeness (QED) is 0.614. The Kier molecular flexibility index (Phi) is 2.77. The lowest BCUT2D eigenvalue weighted by Gasteiger charge is -2.23. The second kappa shape index (κ2) is 3.47. The fourth-order valence-corrected chi connectivity index (χ4v) is 1.33. The molecule has 4 heteroatoms. The minimum Gasteiger partial charge on any atom is -0.392 e. The van der Waals surface area contributed by atoms with Gasteiger partial charge < -0.3 is 5.11 Å². The highest BCUT2D eigenvalue weighted by molar-refractivity contribution is 5.07. The molecule has 12 heavy (non-hydrogen) atoms. The molecule has 0 aromatic heterocycles. The van der Waals surface area contributed by atoms with Crippen molar-refractivity contribution in [1.29, 1.82) is 0 Å². The molecule has 0 aromatic rings. The van der Waals surface area contributed by atoms with Gasteiger partial charge in [0.1, 0.15) is 0 Å². The van der Waals surface area contributed by atoms with E-state index in [1.807, 2.05) is 0 Å². The van der Waals surface area contributed by atoms with Crippen LogP contribution in [0.5, 0.6) is 0 Å². The van der Waals surface area contributed by atoms with Crippen molar-refractivity contribution >= 4 is 0 Å². The minimum absolute atomic E-state index is 0.0272. The van der Waals surface area contributed by atoms with E-state index in [-0.39, 0.29) is 19.4 Å². The Labute approximate surface area is 68.9 Å². The summed E-state index contributed by atoms with van der Waals surface area (Å²) >= 11 is 0. The molecule has 1 rings (SSSR count). The summed E-state index contributed by atoms with van der Waals surface area (Å²) in [5, 5.41) is 8.63. The topological polar surface area (TPSA) is 20.2 Å². The first-order chi connectivity index (χ1) is 5.54. The van der Waals surface area contributed by atoms with Crippen molar-refractivity contribution in [2.45, 2.75) is 25.4 Å². The lowest BCUT2D eigenvalue weighted by atomic mass is 9.89. The molecule has 0 radical (unpaired) electrons. The van der Waals surface area contributed by atoms with E-state index in [4.69, 9.17) is 5.11 Å². The largest absolute Gasteiger partial charge is 0.392 e. The van der Waals surface area contributed by atoms with Crippen LogP contribution in [0.25, 0.3) is 0 Å². The fraction of sp³-hybridized carbons (Fsp3) is 0.750. The van der Waals surface area contributed by atoms with Crippen LogP contribution < -0.4 is 0 Å². The molecule has 0 heterocycles. The molecule has 0 bridgehead atoms. The molecule has 0 spiro atoms. The number of rotatable bonds is 1. The van der Waals surface area contributed by atoms with Gasteiger partial charge in [-0.1, -0.05) is 6.08 Å². The van der Waals surface area contributed by atoms with Crippen molar-refractivity contribution in [1.82, 2.24) is 0 Å². The summed E-state index contributed by atoms with van der Waals surface area (Å²) in [5.74, 6) is -1.20. The summed E-state index contributed by atoms with van der Waals surface area (Å²) in [5.41, 5.74) is 0.732. The summed E-state index contributed by atoms with van der Waals surface area (Å²) in [6.45, 7) is -0.107. The maximum atomic E-state index is 12.1. The van der Waals surface area contributed by atoms with Crippen molar-refractivity contribution < 1.29 is 18.3 Å². The Morgan fingerprint density at radius 1 is 1.50 bits per heavy atom. The Morgan fingerprint density at radius 3 is 2.50 bits per heavy atom. The molecule has 0 aliphatic heterocycles. The SMILES string of the molecule is OCC1=CC[C@H](C(F)(F)F)CC1. The zero-order valence-corrected chi connectivity index (χ0v) is 6.56. The summed E-state index contributed by atoms with van der Waals surface area (Å²) in [7, 11) is 0. The second-order valence-electron chi connectivity index (χ2n) is 3.03. The molecule has 70 valence electrons. The lowest BCUT2D eigenvalue weighted by Crippen LogP contribution is -2.24. The molecule has 0 amide bonds. The van der Waals surface area contributed by atoms with Crippen LogP contribution in [-0.4, -0.2) is 17.9 Å². The molecule has 0 aromatic carbocycles. The van der Waals surface area contributed by atoms with E-state index in [2.05, 4.69) is 0 Å². The molecule has 0 unspecified atom stereocenters. The summed E-state index contributed by atoms with van der Waals surface area (Å²) < 4.78 is 36.2. The first kappa shape index (κ1) is 9.58. The minimum atomic E-state index is -4.07. The molecule has 1 N–H and O–H groups in total. The van der Waals surface area contributed by atoms with Gasteiger partial charge in [0.15, 0.2) is 0 Å². The van der Waals surface area contributed by atoms with Crippen LogP contribution >= 0.6 is 0 Å². The predicted molar refractivity (Wildman–Crippen MR) is 38.6 cm³/mol. The second-order valence-corrected chi connectivity index (χ2v) is 3.03. The average Bonchev–Trinajstić information content (AvgIpc) is 2.03. The van der Waals surface area contributed by atoms with Crippen LogP contribution in [-0.2, 0) is 0 Å². The molecule has 0 saturated heterocycles. The third-order valence-corrected chi connectivity index (χ3v) is 2.17. The maximum absolute atomic E-state index is 12.1. The molecule has 1 aliphatic carbocycles. The van der Waals surface area contributed by atoms with Gasteiger partial charge in [0.25, 0.3) is 0 Å². The summed E-state index contributed by atoms with van der Waals surface area (Å²) in [4.78, 5) is 0. The van der Waals surface area contributed by atoms with Crippen LogP contribution in [0.4, 0.5) is 13.2 Å². The van der Waals surface area contributed by atoms with Gasteiger partial charge in [0.05, 0.1) is 12.5 Å². The highest BCUT2D eigenvalue weighted by Gasteiger charge is 2.39. The predicted octanol–water partition coefficient (Wildman–Crippen LogP) is 2.27.